The Hall–Kier alpha value is -1.62. The van der Waals surface area contributed by atoms with E-state index in [1.54, 1.807) is 12.1 Å². The molecule has 0 saturated heterocycles. The average molecular weight is 308 g/mol. The highest BCUT2D eigenvalue weighted by Crippen LogP contribution is 2.27. The minimum atomic E-state index is 0.255. The largest absolute Gasteiger partial charge is 0.398 e. The van der Waals surface area contributed by atoms with E-state index < -0.39 is 0 Å². The molecule has 0 aliphatic heterocycles. The number of hydrogen-bond donors (Lipinski definition) is 1. The highest BCUT2D eigenvalue weighted by atomic mass is 35.5. The highest BCUT2D eigenvalue weighted by Gasteiger charge is 2.15. The molecule has 0 amide bonds. The van der Waals surface area contributed by atoms with Crippen LogP contribution < -0.4 is 5.73 Å². The summed E-state index contributed by atoms with van der Waals surface area (Å²) in [4.78, 5) is 0. The van der Waals surface area contributed by atoms with Gasteiger partial charge in [-0.1, -0.05) is 38.3 Å². The quantitative estimate of drug-likeness (QED) is 0.820. The van der Waals surface area contributed by atoms with Crippen LogP contribution in [0.3, 0.4) is 0 Å². The zero-order valence-electron chi connectivity index (χ0n) is 12.8. The lowest BCUT2D eigenvalue weighted by atomic mass is 10.0. The fourth-order valence-corrected chi connectivity index (χ4v) is 2.47. The predicted molar refractivity (Wildman–Crippen MR) is 86.1 cm³/mol. The normalized spacial score (nSPS) is 12.8. The molecule has 6 heteroatoms. The Bertz CT molecular complexity index is 593. The summed E-state index contributed by atoms with van der Waals surface area (Å²) in [5, 5.41) is 12.6. The molecular formula is C15H22ClN5. The number of halogens is 1. The van der Waals surface area contributed by atoms with Crippen molar-refractivity contribution in [3.05, 3.63) is 23.2 Å². The molecule has 1 aromatic carbocycles. The monoisotopic (exact) mass is 307 g/mol. The molecule has 1 unspecified atom stereocenters. The summed E-state index contributed by atoms with van der Waals surface area (Å²) in [5.74, 6) is 1.45. The molecule has 2 aromatic rings. The second-order valence-corrected chi connectivity index (χ2v) is 6.26. The Balaban J connectivity index is 2.15. The van der Waals surface area contributed by atoms with E-state index >= 15 is 0 Å². The fourth-order valence-electron chi connectivity index (χ4n) is 2.29. The smallest absolute Gasteiger partial charge is 0.182 e. The van der Waals surface area contributed by atoms with Crippen molar-refractivity contribution in [3.8, 4) is 11.4 Å². The zero-order valence-corrected chi connectivity index (χ0v) is 13.5. The average Bonchev–Trinajstić information content (AvgIpc) is 2.90. The fraction of sp³-hybridized carbons (Fsp3) is 0.533. The molecular weight excluding hydrogens is 286 g/mol. The number of anilines is 1. The lowest BCUT2D eigenvalue weighted by Gasteiger charge is -2.14. The van der Waals surface area contributed by atoms with E-state index in [0.29, 0.717) is 10.7 Å². The van der Waals surface area contributed by atoms with Crippen molar-refractivity contribution in [3.63, 3.8) is 0 Å². The van der Waals surface area contributed by atoms with Gasteiger partial charge in [-0.3, -0.25) is 0 Å². The second-order valence-electron chi connectivity index (χ2n) is 5.86. The Kier molecular flexibility index (Phi) is 5.17. The Morgan fingerprint density at radius 2 is 2.00 bits per heavy atom. The minimum absolute atomic E-state index is 0.255. The number of nitrogens with two attached hydrogens (primary N) is 1. The van der Waals surface area contributed by atoms with Crippen LogP contribution in [0.15, 0.2) is 18.2 Å². The summed E-state index contributed by atoms with van der Waals surface area (Å²) in [5.41, 5.74) is 7.19. The van der Waals surface area contributed by atoms with Crippen molar-refractivity contribution in [2.24, 2.45) is 5.92 Å². The summed E-state index contributed by atoms with van der Waals surface area (Å²) >= 11 is 6.08. The summed E-state index contributed by atoms with van der Waals surface area (Å²) in [7, 11) is 0. The molecule has 2 rings (SSSR count). The molecule has 114 valence electrons. The van der Waals surface area contributed by atoms with Crippen LogP contribution in [0.2, 0.25) is 5.02 Å². The van der Waals surface area contributed by atoms with Crippen LogP contribution in [0.4, 0.5) is 5.69 Å². The third-order valence-corrected chi connectivity index (χ3v) is 3.90. The minimum Gasteiger partial charge on any atom is -0.398 e. The van der Waals surface area contributed by atoms with E-state index in [4.69, 9.17) is 17.3 Å². The topological polar surface area (TPSA) is 69.6 Å². The third kappa shape index (κ3) is 3.94. The van der Waals surface area contributed by atoms with Gasteiger partial charge in [-0.2, -0.15) is 0 Å². The SMILES string of the molecule is CC(C)CCCC(C)n1nnnc1-c1ccc(N)c(Cl)c1. The summed E-state index contributed by atoms with van der Waals surface area (Å²) in [6.45, 7) is 6.62. The van der Waals surface area contributed by atoms with Gasteiger partial charge < -0.3 is 5.73 Å². The molecule has 1 heterocycles. The van der Waals surface area contributed by atoms with Crippen molar-refractivity contribution in [2.45, 2.75) is 46.1 Å². The van der Waals surface area contributed by atoms with E-state index in [0.717, 1.165) is 23.7 Å². The molecule has 0 aliphatic carbocycles. The van der Waals surface area contributed by atoms with E-state index in [2.05, 4.69) is 36.3 Å². The van der Waals surface area contributed by atoms with Crippen molar-refractivity contribution >= 4 is 17.3 Å². The van der Waals surface area contributed by atoms with Gasteiger partial charge in [-0.25, -0.2) is 4.68 Å². The highest BCUT2D eigenvalue weighted by molar-refractivity contribution is 6.33. The first-order valence-corrected chi connectivity index (χ1v) is 7.70. The molecule has 5 nitrogen and oxygen atoms in total. The maximum absolute atomic E-state index is 6.08. The van der Waals surface area contributed by atoms with Gasteiger partial charge in [-0.05, 0) is 47.9 Å². The molecule has 0 saturated carbocycles. The first-order valence-electron chi connectivity index (χ1n) is 7.32. The van der Waals surface area contributed by atoms with Crippen LogP contribution in [-0.4, -0.2) is 20.2 Å². The van der Waals surface area contributed by atoms with Crippen molar-refractivity contribution < 1.29 is 0 Å². The molecule has 0 spiro atoms. The number of nitrogen functional groups attached to an aromatic ring is 1. The number of tetrazole rings is 1. The number of rotatable bonds is 6. The molecule has 0 radical (unpaired) electrons. The second kappa shape index (κ2) is 6.89. The number of hydrogen-bond acceptors (Lipinski definition) is 4. The number of nitrogens with zero attached hydrogens (tertiary/aromatic N) is 4. The number of benzene rings is 1. The zero-order chi connectivity index (χ0) is 15.4. The van der Waals surface area contributed by atoms with Crippen LogP contribution in [-0.2, 0) is 0 Å². The predicted octanol–water partition coefficient (Wildman–Crippen LogP) is 3.96. The van der Waals surface area contributed by atoms with Gasteiger partial charge in [0.15, 0.2) is 5.82 Å². The van der Waals surface area contributed by atoms with Crippen LogP contribution in [0, 0.1) is 5.92 Å². The lowest BCUT2D eigenvalue weighted by molar-refractivity contribution is 0.414. The molecule has 2 N–H and O–H groups in total. The molecule has 0 fully saturated rings. The van der Waals surface area contributed by atoms with E-state index in [-0.39, 0.29) is 6.04 Å². The van der Waals surface area contributed by atoms with Crippen LogP contribution >= 0.6 is 11.6 Å². The van der Waals surface area contributed by atoms with Crippen molar-refractivity contribution in [1.82, 2.24) is 20.2 Å². The molecule has 21 heavy (non-hydrogen) atoms. The van der Waals surface area contributed by atoms with Crippen LogP contribution in [0.1, 0.15) is 46.1 Å². The Morgan fingerprint density at radius 1 is 1.24 bits per heavy atom. The van der Waals surface area contributed by atoms with Crippen molar-refractivity contribution in [2.75, 3.05) is 5.73 Å². The molecule has 0 aliphatic rings. The van der Waals surface area contributed by atoms with Gasteiger partial charge in [0.2, 0.25) is 0 Å². The van der Waals surface area contributed by atoms with Gasteiger partial charge >= 0.3 is 0 Å². The molecule has 1 atom stereocenters. The first-order chi connectivity index (χ1) is 9.99. The van der Waals surface area contributed by atoms with E-state index in [1.807, 2.05) is 10.7 Å². The van der Waals surface area contributed by atoms with Crippen molar-refractivity contribution in [1.29, 1.82) is 0 Å². The van der Waals surface area contributed by atoms with E-state index in [1.165, 1.54) is 12.8 Å². The molecule has 0 bridgehead atoms. The first kappa shape index (κ1) is 15.8. The van der Waals surface area contributed by atoms with Crippen LogP contribution in [0.25, 0.3) is 11.4 Å². The summed E-state index contributed by atoms with van der Waals surface area (Å²) in [6.07, 6.45) is 3.44. The van der Waals surface area contributed by atoms with Crippen LogP contribution in [0.5, 0.6) is 0 Å². The maximum Gasteiger partial charge on any atom is 0.182 e. The molecule has 1 aromatic heterocycles. The maximum atomic E-state index is 6.08. The standard InChI is InChI=1S/C15H22ClN5/c1-10(2)5-4-6-11(3)21-15(18-19-20-21)12-7-8-14(17)13(16)9-12/h7-11H,4-6,17H2,1-3H3. The van der Waals surface area contributed by atoms with E-state index in [9.17, 15) is 0 Å². The Morgan fingerprint density at radius 3 is 2.67 bits per heavy atom. The number of aromatic nitrogens is 4. The van der Waals surface area contributed by atoms with Gasteiger partial charge in [-0.15, -0.1) is 5.10 Å². The lowest BCUT2D eigenvalue weighted by Crippen LogP contribution is -2.09. The van der Waals surface area contributed by atoms with Gasteiger partial charge in [0.1, 0.15) is 0 Å². The summed E-state index contributed by atoms with van der Waals surface area (Å²) < 4.78 is 1.86. The summed E-state index contributed by atoms with van der Waals surface area (Å²) in [6, 6.07) is 5.73. The van der Waals surface area contributed by atoms with Gasteiger partial charge in [0, 0.05) is 5.56 Å². The Labute approximate surface area is 130 Å². The van der Waals surface area contributed by atoms with Gasteiger partial charge in [0.25, 0.3) is 0 Å². The van der Waals surface area contributed by atoms with Gasteiger partial charge in [0.05, 0.1) is 16.8 Å². The third-order valence-electron chi connectivity index (χ3n) is 3.57.